The normalized spacial score (nSPS) is 15.5. The Morgan fingerprint density at radius 1 is 1.41 bits per heavy atom. The summed E-state index contributed by atoms with van der Waals surface area (Å²) in [6.45, 7) is 1.92. The Labute approximate surface area is 165 Å². The van der Waals surface area contributed by atoms with Crippen LogP contribution in [0.1, 0.15) is 46.7 Å². The molecule has 1 heterocycles. The summed E-state index contributed by atoms with van der Waals surface area (Å²) < 4.78 is 5.22. The molecule has 9 heteroatoms. The van der Waals surface area contributed by atoms with Gasteiger partial charge in [0.05, 0.1) is 28.5 Å². The number of nitrogens with one attached hydrogen (secondary N) is 1. The molecule has 1 amide bonds. The fourth-order valence-electron chi connectivity index (χ4n) is 3.43. The average molecular weight is 408 g/mol. The van der Waals surface area contributed by atoms with Crippen molar-refractivity contribution in [3.05, 3.63) is 43.9 Å². The van der Waals surface area contributed by atoms with E-state index in [0.717, 1.165) is 36.4 Å². The summed E-state index contributed by atoms with van der Waals surface area (Å²) in [5.74, 6) is -0.0636. The molecule has 0 radical (unpaired) electrons. The number of benzene rings is 1. The number of carbonyl (C=O) groups is 1. The molecule has 27 heavy (non-hydrogen) atoms. The number of hydrogen-bond donors (Lipinski definition) is 1. The Balaban J connectivity index is 2.00. The van der Waals surface area contributed by atoms with Crippen LogP contribution >= 0.6 is 23.1 Å². The van der Waals surface area contributed by atoms with E-state index in [1.54, 1.807) is 0 Å². The third-order valence-corrected chi connectivity index (χ3v) is 6.70. The third kappa shape index (κ3) is 3.79. The quantitative estimate of drug-likeness (QED) is 0.436. The lowest BCUT2D eigenvalue weighted by Gasteiger charge is -2.28. The zero-order valence-electron chi connectivity index (χ0n) is 15.4. The number of thiazole rings is 1. The van der Waals surface area contributed by atoms with Crippen LogP contribution < -0.4 is 10.1 Å². The molecule has 2 aromatic rings. The van der Waals surface area contributed by atoms with E-state index in [4.69, 9.17) is 4.74 Å². The van der Waals surface area contributed by atoms with Crippen molar-refractivity contribution in [2.24, 2.45) is 0 Å². The van der Waals surface area contributed by atoms with E-state index in [1.165, 1.54) is 42.3 Å². The van der Waals surface area contributed by atoms with Gasteiger partial charge in [0.1, 0.15) is 16.3 Å². The fourth-order valence-corrected chi connectivity index (χ4v) is 5.02. The first-order valence-electron chi connectivity index (χ1n) is 8.56. The first-order valence-corrected chi connectivity index (χ1v) is 10.7. The molecule has 144 valence electrons. The lowest BCUT2D eigenvalue weighted by molar-refractivity contribution is -0.385. The maximum Gasteiger partial charge on any atom is 0.285 e. The van der Waals surface area contributed by atoms with Crippen LogP contribution in [0.3, 0.4) is 0 Å². The molecule has 1 fully saturated rings. The second kappa shape index (κ2) is 7.85. The molecule has 1 aromatic heterocycles. The van der Waals surface area contributed by atoms with Crippen LogP contribution in [0.5, 0.6) is 5.75 Å². The van der Waals surface area contributed by atoms with Crippen molar-refractivity contribution in [2.45, 2.75) is 43.0 Å². The highest BCUT2D eigenvalue weighted by molar-refractivity contribution is 7.98. The smallest absolute Gasteiger partial charge is 0.285 e. The molecular weight excluding hydrogens is 386 g/mol. The molecule has 1 aliphatic carbocycles. The van der Waals surface area contributed by atoms with Gasteiger partial charge in [0.25, 0.3) is 11.6 Å². The minimum absolute atomic E-state index is 0.0460. The summed E-state index contributed by atoms with van der Waals surface area (Å²) in [5, 5.41) is 17.4. The molecule has 7 nitrogen and oxygen atoms in total. The average Bonchev–Trinajstić information content (AvgIpc) is 3.30. The summed E-state index contributed by atoms with van der Waals surface area (Å²) in [4.78, 5) is 29.3. The zero-order valence-corrected chi connectivity index (χ0v) is 17.0. The minimum Gasteiger partial charge on any atom is -0.495 e. The molecule has 3 rings (SSSR count). The number of nitro groups is 1. The summed E-state index contributed by atoms with van der Waals surface area (Å²) in [6, 6.07) is 2.85. The number of thioether (sulfide) groups is 1. The molecule has 1 N–H and O–H groups in total. The van der Waals surface area contributed by atoms with Crippen LogP contribution in [-0.4, -0.2) is 29.2 Å². The number of rotatable bonds is 6. The number of nitro benzene ring substituents is 1. The van der Waals surface area contributed by atoms with Crippen molar-refractivity contribution >= 4 is 34.7 Å². The van der Waals surface area contributed by atoms with Gasteiger partial charge in [-0.05, 0) is 32.1 Å². The van der Waals surface area contributed by atoms with Gasteiger partial charge >= 0.3 is 0 Å². The Morgan fingerprint density at radius 2 is 2.11 bits per heavy atom. The Morgan fingerprint density at radius 3 is 2.63 bits per heavy atom. The second-order valence-corrected chi connectivity index (χ2v) is 8.23. The van der Waals surface area contributed by atoms with Gasteiger partial charge in [-0.1, -0.05) is 12.8 Å². The molecule has 1 aromatic carbocycles. The van der Waals surface area contributed by atoms with Crippen LogP contribution in [0.15, 0.2) is 22.4 Å². The number of nitrogens with zero attached hydrogens (tertiary/aromatic N) is 2. The van der Waals surface area contributed by atoms with Gasteiger partial charge in [-0.25, -0.2) is 4.98 Å². The van der Waals surface area contributed by atoms with E-state index < -0.39 is 16.4 Å². The molecule has 1 aliphatic rings. The Kier molecular flexibility index (Phi) is 5.71. The molecule has 0 saturated heterocycles. The predicted molar refractivity (Wildman–Crippen MR) is 106 cm³/mol. The van der Waals surface area contributed by atoms with Crippen LogP contribution in [0.25, 0.3) is 0 Å². The van der Waals surface area contributed by atoms with Crippen molar-refractivity contribution in [2.75, 3.05) is 13.4 Å². The number of methoxy groups -OCH3 is 1. The third-order valence-electron chi connectivity index (χ3n) is 4.78. The number of amides is 1. The number of aromatic nitrogens is 1. The SMILES string of the molecule is COc1cc([N+](=O)[O-])c(C(=O)NC2(c3nc(C)cs3)CCCC2)cc1SC. The first-order chi connectivity index (χ1) is 12.9. The van der Waals surface area contributed by atoms with E-state index in [2.05, 4.69) is 10.3 Å². The highest BCUT2D eigenvalue weighted by atomic mass is 32.2. The molecular formula is C18H21N3O4S2. The van der Waals surface area contributed by atoms with Crippen molar-refractivity contribution in [3.63, 3.8) is 0 Å². The van der Waals surface area contributed by atoms with Gasteiger partial charge in [-0.3, -0.25) is 14.9 Å². The Hall–Kier alpha value is -2.13. The standard InChI is InChI=1S/C18H21N3O4S2/c1-11-10-27-17(19-11)18(6-4-5-7-18)20-16(22)12-8-15(26-3)14(25-2)9-13(12)21(23)24/h8-10H,4-7H2,1-3H3,(H,20,22). The van der Waals surface area contributed by atoms with Crippen LogP contribution in [0.4, 0.5) is 5.69 Å². The monoisotopic (exact) mass is 407 g/mol. The van der Waals surface area contributed by atoms with Crippen molar-refractivity contribution < 1.29 is 14.5 Å². The van der Waals surface area contributed by atoms with Gasteiger partial charge < -0.3 is 10.1 Å². The predicted octanol–water partition coefficient (Wildman–Crippen LogP) is 4.29. The summed E-state index contributed by atoms with van der Waals surface area (Å²) in [5.41, 5.74) is 0.148. The van der Waals surface area contributed by atoms with Gasteiger partial charge in [0.15, 0.2) is 0 Å². The molecule has 0 spiro atoms. The van der Waals surface area contributed by atoms with E-state index >= 15 is 0 Å². The van der Waals surface area contributed by atoms with Gasteiger partial charge in [-0.15, -0.1) is 23.1 Å². The number of aryl methyl sites for hydroxylation is 1. The van der Waals surface area contributed by atoms with E-state index in [1.807, 2.05) is 18.6 Å². The largest absolute Gasteiger partial charge is 0.495 e. The molecule has 0 unspecified atom stereocenters. The van der Waals surface area contributed by atoms with Crippen molar-refractivity contribution in [1.82, 2.24) is 10.3 Å². The summed E-state index contributed by atoms with van der Waals surface area (Å²) in [6.07, 6.45) is 5.37. The van der Waals surface area contributed by atoms with Gasteiger partial charge in [0.2, 0.25) is 0 Å². The first kappa shape index (κ1) is 19.6. The number of hydrogen-bond acceptors (Lipinski definition) is 7. The maximum absolute atomic E-state index is 13.1. The van der Waals surface area contributed by atoms with E-state index in [0.29, 0.717) is 10.6 Å². The number of carbonyl (C=O) groups excluding carboxylic acids is 1. The minimum atomic E-state index is -0.552. The van der Waals surface area contributed by atoms with Crippen LogP contribution in [0, 0.1) is 17.0 Å². The fraction of sp³-hybridized carbons (Fsp3) is 0.444. The van der Waals surface area contributed by atoms with Crippen molar-refractivity contribution in [3.8, 4) is 5.75 Å². The highest BCUT2D eigenvalue weighted by Gasteiger charge is 2.40. The van der Waals surface area contributed by atoms with Crippen LogP contribution in [0.2, 0.25) is 0 Å². The molecule has 1 saturated carbocycles. The topological polar surface area (TPSA) is 94.4 Å². The highest BCUT2D eigenvalue weighted by Crippen LogP contribution is 2.41. The van der Waals surface area contributed by atoms with Crippen molar-refractivity contribution in [1.29, 1.82) is 0 Å². The second-order valence-electron chi connectivity index (χ2n) is 6.52. The molecule has 0 bridgehead atoms. The lowest BCUT2D eigenvalue weighted by Crippen LogP contribution is -2.44. The Bertz CT molecular complexity index is 875. The lowest BCUT2D eigenvalue weighted by atomic mass is 9.97. The summed E-state index contributed by atoms with van der Waals surface area (Å²) >= 11 is 2.90. The van der Waals surface area contributed by atoms with Gasteiger partial charge in [0, 0.05) is 11.1 Å². The van der Waals surface area contributed by atoms with Crippen LogP contribution in [-0.2, 0) is 5.54 Å². The molecule has 0 aliphatic heterocycles. The summed E-state index contributed by atoms with van der Waals surface area (Å²) in [7, 11) is 1.46. The van der Waals surface area contributed by atoms with E-state index in [9.17, 15) is 14.9 Å². The zero-order chi connectivity index (χ0) is 19.6. The van der Waals surface area contributed by atoms with Gasteiger partial charge in [-0.2, -0.15) is 0 Å². The molecule has 0 atom stereocenters. The number of ether oxygens (including phenoxy) is 1. The maximum atomic E-state index is 13.1. The van der Waals surface area contributed by atoms with E-state index in [-0.39, 0.29) is 11.3 Å².